The third-order valence-corrected chi connectivity index (χ3v) is 6.95. The van der Waals surface area contributed by atoms with Crippen molar-refractivity contribution in [1.82, 2.24) is 20.0 Å². The van der Waals surface area contributed by atoms with Crippen molar-refractivity contribution in [2.24, 2.45) is 0 Å². The number of benzene rings is 2. The second-order valence-corrected chi connectivity index (χ2v) is 9.43. The Morgan fingerprint density at radius 2 is 1.82 bits per heavy atom. The second-order valence-electron chi connectivity index (χ2n) is 7.23. The first-order chi connectivity index (χ1) is 15.9. The number of nitro groups is 1. The van der Waals surface area contributed by atoms with Crippen LogP contribution < -0.4 is 5.32 Å². The molecule has 0 spiro atoms. The number of hydrogen-bond acceptors (Lipinski definition) is 8. The standard InChI is InChI=1S/C22H20N6O3S2/c1-14-19(28(30)31)15(2)27(26-14)12-16-8-10-18(11-9-16)20(29)23-21-24-25-22(33-21)32-13-17-6-4-3-5-7-17/h3-11H,12-13H2,1-2H3,(H,23,24,29). The van der Waals surface area contributed by atoms with Gasteiger partial charge in [-0.15, -0.1) is 10.2 Å². The van der Waals surface area contributed by atoms with Crippen LogP contribution in [0.3, 0.4) is 0 Å². The van der Waals surface area contributed by atoms with Gasteiger partial charge in [-0.2, -0.15) is 5.10 Å². The van der Waals surface area contributed by atoms with Crippen molar-refractivity contribution in [3.05, 3.63) is 92.8 Å². The van der Waals surface area contributed by atoms with Gasteiger partial charge in [0.15, 0.2) is 4.34 Å². The summed E-state index contributed by atoms with van der Waals surface area (Å²) in [6.07, 6.45) is 0. The zero-order valence-electron chi connectivity index (χ0n) is 17.9. The predicted octanol–water partition coefficient (Wildman–Crippen LogP) is 4.85. The summed E-state index contributed by atoms with van der Waals surface area (Å²) < 4.78 is 2.38. The summed E-state index contributed by atoms with van der Waals surface area (Å²) in [6, 6.07) is 17.1. The molecular weight excluding hydrogens is 460 g/mol. The van der Waals surface area contributed by atoms with Gasteiger partial charge >= 0.3 is 5.69 Å². The number of aryl methyl sites for hydroxylation is 1. The van der Waals surface area contributed by atoms with E-state index in [0.29, 0.717) is 28.6 Å². The monoisotopic (exact) mass is 480 g/mol. The molecule has 2 heterocycles. The number of anilines is 1. The van der Waals surface area contributed by atoms with E-state index in [1.165, 1.54) is 16.9 Å². The molecule has 1 N–H and O–H groups in total. The number of aromatic nitrogens is 4. The highest BCUT2D eigenvalue weighted by atomic mass is 32.2. The lowest BCUT2D eigenvalue weighted by molar-refractivity contribution is -0.386. The van der Waals surface area contributed by atoms with Crippen LogP contribution in [0, 0.1) is 24.0 Å². The quantitative estimate of drug-likeness (QED) is 0.166. The Bertz CT molecular complexity index is 1290. The maximum Gasteiger partial charge on any atom is 0.312 e. The van der Waals surface area contributed by atoms with Crippen molar-refractivity contribution in [2.75, 3.05) is 5.32 Å². The summed E-state index contributed by atoms with van der Waals surface area (Å²) in [5, 5.41) is 26.8. The molecule has 0 saturated heterocycles. The van der Waals surface area contributed by atoms with Gasteiger partial charge in [0.1, 0.15) is 11.4 Å². The molecule has 33 heavy (non-hydrogen) atoms. The highest BCUT2D eigenvalue weighted by molar-refractivity contribution is 8.00. The van der Waals surface area contributed by atoms with Gasteiger partial charge in [0.2, 0.25) is 5.13 Å². The van der Waals surface area contributed by atoms with Gasteiger partial charge in [-0.05, 0) is 37.1 Å². The number of hydrogen-bond donors (Lipinski definition) is 1. The van der Waals surface area contributed by atoms with Crippen LogP contribution in [0.4, 0.5) is 10.8 Å². The summed E-state index contributed by atoms with van der Waals surface area (Å²) in [6.45, 7) is 3.67. The summed E-state index contributed by atoms with van der Waals surface area (Å²) in [5.41, 5.74) is 3.46. The van der Waals surface area contributed by atoms with E-state index in [0.717, 1.165) is 15.7 Å². The summed E-state index contributed by atoms with van der Waals surface area (Å²) >= 11 is 2.90. The zero-order valence-corrected chi connectivity index (χ0v) is 19.5. The van der Waals surface area contributed by atoms with Gasteiger partial charge in [-0.25, -0.2) is 0 Å². The molecule has 2 aromatic heterocycles. The number of thioether (sulfide) groups is 1. The lowest BCUT2D eigenvalue weighted by Crippen LogP contribution is -2.12. The predicted molar refractivity (Wildman–Crippen MR) is 128 cm³/mol. The van der Waals surface area contributed by atoms with E-state index in [4.69, 9.17) is 0 Å². The smallest absolute Gasteiger partial charge is 0.296 e. The number of carbonyl (C=O) groups excluding carboxylic acids is 1. The molecule has 0 bridgehead atoms. The molecule has 0 aliphatic heterocycles. The van der Waals surface area contributed by atoms with Gasteiger partial charge in [-0.3, -0.25) is 24.9 Å². The normalized spacial score (nSPS) is 10.8. The van der Waals surface area contributed by atoms with E-state index in [1.54, 1.807) is 54.6 Å². The molecule has 4 rings (SSSR count). The molecule has 1 amide bonds. The molecule has 2 aromatic carbocycles. The molecule has 9 nitrogen and oxygen atoms in total. The Morgan fingerprint density at radius 3 is 2.48 bits per heavy atom. The Labute approximate surface area is 198 Å². The van der Waals surface area contributed by atoms with Crippen LogP contribution in [0.15, 0.2) is 58.9 Å². The largest absolute Gasteiger partial charge is 0.312 e. The number of nitrogens with zero attached hydrogens (tertiary/aromatic N) is 5. The van der Waals surface area contributed by atoms with Gasteiger partial charge < -0.3 is 0 Å². The van der Waals surface area contributed by atoms with E-state index >= 15 is 0 Å². The Kier molecular flexibility index (Phi) is 6.80. The summed E-state index contributed by atoms with van der Waals surface area (Å²) in [5.74, 6) is 0.502. The Hall–Kier alpha value is -3.57. The minimum atomic E-state index is -0.416. The van der Waals surface area contributed by atoms with Crippen LogP contribution in [-0.2, 0) is 12.3 Å². The van der Waals surface area contributed by atoms with Gasteiger partial charge in [-0.1, -0.05) is 65.6 Å². The first-order valence-electron chi connectivity index (χ1n) is 9.99. The highest BCUT2D eigenvalue weighted by Gasteiger charge is 2.21. The van der Waals surface area contributed by atoms with Gasteiger partial charge in [0.25, 0.3) is 5.91 Å². The average Bonchev–Trinajstić information content (AvgIpc) is 3.36. The highest BCUT2D eigenvalue weighted by Crippen LogP contribution is 2.28. The van der Waals surface area contributed by atoms with Crippen molar-refractivity contribution in [2.45, 2.75) is 30.5 Å². The van der Waals surface area contributed by atoms with Crippen molar-refractivity contribution >= 4 is 39.8 Å². The van der Waals surface area contributed by atoms with Crippen LogP contribution in [0.25, 0.3) is 0 Å². The third kappa shape index (κ3) is 5.44. The maximum absolute atomic E-state index is 12.6. The lowest BCUT2D eigenvalue weighted by atomic mass is 10.1. The fraction of sp³-hybridized carbons (Fsp3) is 0.182. The molecule has 0 fully saturated rings. The number of amides is 1. The topological polar surface area (TPSA) is 116 Å². The van der Waals surface area contributed by atoms with E-state index in [2.05, 4.69) is 32.7 Å². The van der Waals surface area contributed by atoms with Crippen molar-refractivity contribution in [1.29, 1.82) is 0 Å². The Morgan fingerprint density at radius 1 is 1.09 bits per heavy atom. The first-order valence-corrected chi connectivity index (χ1v) is 11.8. The minimum Gasteiger partial charge on any atom is -0.296 e. The molecule has 4 aromatic rings. The maximum atomic E-state index is 12.6. The van der Waals surface area contributed by atoms with Gasteiger partial charge in [0, 0.05) is 11.3 Å². The molecule has 0 aliphatic rings. The molecule has 0 aliphatic carbocycles. The Balaban J connectivity index is 1.36. The summed E-state index contributed by atoms with van der Waals surface area (Å²) in [7, 11) is 0. The molecule has 0 unspecified atom stereocenters. The van der Waals surface area contributed by atoms with Crippen LogP contribution >= 0.6 is 23.1 Å². The number of carbonyl (C=O) groups is 1. The molecule has 11 heteroatoms. The summed E-state index contributed by atoms with van der Waals surface area (Å²) in [4.78, 5) is 23.3. The SMILES string of the molecule is Cc1nn(Cc2ccc(C(=O)Nc3nnc(SCc4ccccc4)s3)cc2)c(C)c1[N+](=O)[O-]. The fourth-order valence-electron chi connectivity index (χ4n) is 3.25. The van der Waals surface area contributed by atoms with Crippen molar-refractivity contribution in [3.8, 4) is 0 Å². The van der Waals surface area contributed by atoms with Crippen LogP contribution in [0.5, 0.6) is 0 Å². The third-order valence-electron chi connectivity index (χ3n) is 4.91. The van der Waals surface area contributed by atoms with E-state index in [1.807, 2.05) is 18.2 Å². The van der Waals surface area contributed by atoms with Crippen molar-refractivity contribution < 1.29 is 9.72 Å². The minimum absolute atomic E-state index is 0.0318. The van der Waals surface area contributed by atoms with E-state index in [9.17, 15) is 14.9 Å². The molecule has 0 atom stereocenters. The number of rotatable bonds is 8. The average molecular weight is 481 g/mol. The molecule has 0 saturated carbocycles. The number of nitrogens with one attached hydrogen (secondary N) is 1. The molecule has 0 radical (unpaired) electrons. The molecule has 168 valence electrons. The second kappa shape index (κ2) is 9.92. The first kappa shape index (κ1) is 22.6. The fourth-order valence-corrected chi connectivity index (χ4v) is 4.95. The van der Waals surface area contributed by atoms with E-state index < -0.39 is 4.92 Å². The van der Waals surface area contributed by atoms with Gasteiger partial charge in [0.05, 0.1) is 11.5 Å². The van der Waals surface area contributed by atoms with Crippen molar-refractivity contribution in [3.63, 3.8) is 0 Å². The lowest BCUT2D eigenvalue weighted by Gasteiger charge is -2.06. The molecular formula is C22H20N6O3S2. The zero-order chi connectivity index (χ0) is 23.4. The van der Waals surface area contributed by atoms with Crippen LogP contribution in [-0.4, -0.2) is 30.8 Å². The van der Waals surface area contributed by atoms with E-state index in [-0.39, 0.29) is 11.6 Å². The van der Waals surface area contributed by atoms with Crippen LogP contribution in [0.1, 0.15) is 32.9 Å². The van der Waals surface area contributed by atoms with Crippen LogP contribution in [0.2, 0.25) is 0 Å².